The van der Waals surface area contributed by atoms with Crippen molar-refractivity contribution in [2.45, 2.75) is 84.3 Å². The molecule has 2 aliphatic rings. The summed E-state index contributed by atoms with van der Waals surface area (Å²) in [5.41, 5.74) is -0.189. The number of amides is 4. The predicted octanol–water partition coefficient (Wildman–Crippen LogP) is 4.30. The number of carbonyl (C=O) groups excluding carboxylic acids is 4. The van der Waals surface area contributed by atoms with Crippen LogP contribution in [0.2, 0.25) is 0 Å². The fourth-order valence-corrected chi connectivity index (χ4v) is 5.94. The number of halogens is 1. The van der Waals surface area contributed by atoms with E-state index in [4.69, 9.17) is 0 Å². The second-order valence-corrected chi connectivity index (χ2v) is 14.0. The van der Waals surface area contributed by atoms with Crippen LogP contribution in [0, 0.1) is 28.0 Å². The van der Waals surface area contributed by atoms with Gasteiger partial charge in [0.2, 0.25) is 17.7 Å². The fraction of sp³-hybridized carbons (Fsp3) is 0.485. The minimum absolute atomic E-state index is 0.0101. The van der Waals surface area contributed by atoms with Gasteiger partial charge in [-0.25, -0.2) is 4.39 Å². The second kappa shape index (κ2) is 11.8. The van der Waals surface area contributed by atoms with Gasteiger partial charge < -0.3 is 20.9 Å². The molecule has 0 saturated carbocycles. The molecule has 10 heteroatoms. The van der Waals surface area contributed by atoms with Crippen molar-refractivity contribution in [1.82, 2.24) is 15.5 Å². The van der Waals surface area contributed by atoms with Crippen molar-refractivity contribution in [3.05, 3.63) is 65.5 Å². The monoisotopic (exact) mass is 589 g/mol. The van der Waals surface area contributed by atoms with Crippen molar-refractivity contribution in [2.24, 2.45) is 10.8 Å². The summed E-state index contributed by atoms with van der Waals surface area (Å²) in [6, 6.07) is 11.6. The third-order valence-corrected chi connectivity index (χ3v) is 7.89. The molecule has 0 aromatic heterocycles. The lowest BCUT2D eigenvalue weighted by atomic mass is 9.80. The molecule has 1 unspecified atom stereocenters. The third kappa shape index (κ3) is 7.04. The summed E-state index contributed by atoms with van der Waals surface area (Å²) in [7, 11) is 0. The van der Waals surface area contributed by atoms with E-state index in [0.29, 0.717) is 5.69 Å². The Morgan fingerprint density at radius 1 is 1.00 bits per heavy atom. The summed E-state index contributed by atoms with van der Waals surface area (Å²) in [6.45, 7) is 11.6. The van der Waals surface area contributed by atoms with Gasteiger partial charge in [0.05, 0.1) is 11.5 Å². The molecule has 1 fully saturated rings. The summed E-state index contributed by atoms with van der Waals surface area (Å²) < 4.78 is 13.4. The molecule has 2 heterocycles. The fourth-order valence-electron chi connectivity index (χ4n) is 5.94. The molecule has 228 valence electrons. The van der Waals surface area contributed by atoms with E-state index in [1.54, 1.807) is 6.07 Å². The number of nitrogens with one attached hydrogen (secondary N) is 3. The summed E-state index contributed by atoms with van der Waals surface area (Å²) >= 11 is 0. The first-order chi connectivity index (χ1) is 20.0. The Kier molecular flexibility index (Phi) is 8.68. The highest BCUT2D eigenvalue weighted by Gasteiger charge is 2.56. The van der Waals surface area contributed by atoms with Gasteiger partial charge in [-0.2, -0.15) is 5.26 Å². The average molecular weight is 590 g/mol. The molecule has 1 saturated heterocycles. The summed E-state index contributed by atoms with van der Waals surface area (Å²) in [4.78, 5) is 55.6. The molecule has 3 N–H and O–H groups in total. The maximum atomic E-state index is 14.2. The Morgan fingerprint density at radius 3 is 2.21 bits per heavy atom. The molecule has 2 aromatic rings. The van der Waals surface area contributed by atoms with E-state index in [1.165, 1.54) is 29.2 Å². The number of nitrogens with zero attached hydrogens (tertiary/aromatic N) is 2. The molecule has 4 amide bonds. The summed E-state index contributed by atoms with van der Waals surface area (Å²) in [5, 5.41) is 18.6. The van der Waals surface area contributed by atoms with Crippen LogP contribution < -0.4 is 16.0 Å². The van der Waals surface area contributed by atoms with Crippen LogP contribution in [-0.2, 0) is 19.8 Å². The minimum Gasteiger partial charge on any atom is -0.342 e. The van der Waals surface area contributed by atoms with Gasteiger partial charge in [-0.05, 0) is 59.6 Å². The number of nitriles is 1. The summed E-state index contributed by atoms with van der Waals surface area (Å²) in [5.74, 6) is -2.28. The maximum absolute atomic E-state index is 14.2. The number of anilines is 1. The lowest BCUT2D eigenvalue weighted by Crippen LogP contribution is -2.56. The quantitative estimate of drug-likeness (QED) is 0.443. The van der Waals surface area contributed by atoms with Crippen LogP contribution >= 0.6 is 0 Å². The number of likely N-dealkylation sites (tertiary alicyclic amines) is 1. The number of benzene rings is 2. The topological polar surface area (TPSA) is 131 Å². The van der Waals surface area contributed by atoms with Crippen molar-refractivity contribution >= 4 is 29.3 Å². The highest BCUT2D eigenvalue weighted by molar-refractivity contribution is 6.07. The van der Waals surface area contributed by atoms with E-state index < -0.39 is 47.1 Å². The highest BCUT2D eigenvalue weighted by atomic mass is 19.1. The van der Waals surface area contributed by atoms with E-state index >= 15 is 0 Å². The van der Waals surface area contributed by atoms with Crippen LogP contribution in [-0.4, -0.2) is 53.2 Å². The van der Waals surface area contributed by atoms with Crippen LogP contribution in [0.3, 0.4) is 0 Å². The molecule has 9 nitrogen and oxygen atoms in total. The lowest BCUT2D eigenvalue weighted by Gasteiger charge is -2.33. The third-order valence-electron chi connectivity index (χ3n) is 7.89. The molecule has 4 atom stereocenters. The summed E-state index contributed by atoms with van der Waals surface area (Å²) in [6.07, 6.45) is 0.678. The Hall–Kier alpha value is -4.26. The number of fused-ring (bicyclic) bond motifs is 2. The number of rotatable bonds is 7. The van der Waals surface area contributed by atoms with E-state index in [0.717, 1.165) is 5.56 Å². The van der Waals surface area contributed by atoms with Crippen LogP contribution in [0.1, 0.15) is 76.7 Å². The zero-order chi connectivity index (χ0) is 31.7. The molecule has 0 radical (unpaired) electrons. The Labute approximate surface area is 252 Å². The van der Waals surface area contributed by atoms with Gasteiger partial charge in [-0.3, -0.25) is 19.2 Å². The van der Waals surface area contributed by atoms with Gasteiger partial charge in [-0.1, -0.05) is 59.7 Å². The van der Waals surface area contributed by atoms with Crippen LogP contribution in [0.4, 0.5) is 10.1 Å². The van der Waals surface area contributed by atoms with Gasteiger partial charge in [0.1, 0.15) is 23.9 Å². The van der Waals surface area contributed by atoms with Crippen molar-refractivity contribution in [3.63, 3.8) is 0 Å². The number of hydrogen-bond donors (Lipinski definition) is 3. The number of carbonyl (C=O) groups is 4. The Balaban J connectivity index is 1.60. The number of hydrogen-bond acceptors (Lipinski definition) is 5. The molecule has 43 heavy (non-hydrogen) atoms. The normalized spacial score (nSPS) is 21.0. The standard InChI is InChI=1S/C33H40FN5O4/c1-31(2,3)16-25(36-27(40)20-11-13-21(34)14-12-20)28(41)37-26(17-32(4,5)6)29(42)39-19-33(15-22(39)18-35)23-9-7-8-10-24(23)38-30(33)43/h7-14,22,25-26H,15-17,19H2,1-6H3,(H,36,40)(H,37,41)(H,38,43)/t22-,25?,26-,33-/m0/s1. The highest BCUT2D eigenvalue weighted by Crippen LogP contribution is 2.46. The molecule has 2 aliphatic heterocycles. The molecular weight excluding hydrogens is 549 g/mol. The molecule has 1 spiro atoms. The van der Waals surface area contributed by atoms with Gasteiger partial charge in [0.25, 0.3) is 5.91 Å². The van der Waals surface area contributed by atoms with Crippen LogP contribution in [0.5, 0.6) is 0 Å². The predicted molar refractivity (Wildman–Crippen MR) is 160 cm³/mol. The van der Waals surface area contributed by atoms with E-state index in [1.807, 2.05) is 59.7 Å². The molecule has 2 aromatic carbocycles. The first-order valence-corrected chi connectivity index (χ1v) is 14.5. The average Bonchev–Trinajstić information content (AvgIpc) is 3.44. The SMILES string of the molecule is CC(C)(C)CC(NC(=O)c1ccc(F)cc1)C(=O)N[C@@H](CC(C)(C)C)C(=O)N1C[C@]2(C[C@H]1C#N)C(=O)Nc1ccccc12. The van der Waals surface area contributed by atoms with Crippen LogP contribution in [0.25, 0.3) is 0 Å². The first kappa shape index (κ1) is 31.7. The second-order valence-electron chi connectivity index (χ2n) is 14.0. The van der Waals surface area contributed by atoms with Gasteiger partial charge in [0, 0.05) is 24.2 Å². The Bertz CT molecular complexity index is 1450. The lowest BCUT2D eigenvalue weighted by molar-refractivity contribution is -0.138. The van der Waals surface area contributed by atoms with E-state index in [2.05, 4.69) is 22.0 Å². The largest absolute Gasteiger partial charge is 0.342 e. The first-order valence-electron chi connectivity index (χ1n) is 14.5. The van der Waals surface area contributed by atoms with Crippen molar-refractivity contribution < 1.29 is 23.6 Å². The van der Waals surface area contributed by atoms with Crippen molar-refractivity contribution in [2.75, 3.05) is 11.9 Å². The zero-order valence-electron chi connectivity index (χ0n) is 25.6. The molecule has 4 rings (SSSR count). The minimum atomic E-state index is -1.05. The van der Waals surface area contributed by atoms with Crippen LogP contribution in [0.15, 0.2) is 48.5 Å². The van der Waals surface area contributed by atoms with Gasteiger partial charge in [0.15, 0.2) is 0 Å². The van der Waals surface area contributed by atoms with Crippen molar-refractivity contribution in [1.29, 1.82) is 5.26 Å². The Morgan fingerprint density at radius 2 is 1.60 bits per heavy atom. The van der Waals surface area contributed by atoms with Gasteiger partial charge >= 0.3 is 0 Å². The van der Waals surface area contributed by atoms with Gasteiger partial charge in [-0.15, -0.1) is 0 Å². The maximum Gasteiger partial charge on any atom is 0.251 e. The smallest absolute Gasteiger partial charge is 0.251 e. The van der Waals surface area contributed by atoms with E-state index in [-0.39, 0.29) is 48.1 Å². The zero-order valence-corrected chi connectivity index (χ0v) is 25.6. The molecular formula is C33H40FN5O4. The van der Waals surface area contributed by atoms with E-state index in [9.17, 15) is 28.8 Å². The van der Waals surface area contributed by atoms with Crippen molar-refractivity contribution in [3.8, 4) is 6.07 Å². The molecule has 0 bridgehead atoms. The number of para-hydroxylation sites is 1. The molecule has 0 aliphatic carbocycles.